The lowest BCUT2D eigenvalue weighted by molar-refractivity contribution is -0.144. The molecule has 0 amide bonds. The first-order valence-electron chi connectivity index (χ1n) is 16.0. The first-order valence-corrected chi connectivity index (χ1v) is 16.0. The Labute approximate surface area is 279 Å². The van der Waals surface area contributed by atoms with E-state index in [1.54, 1.807) is 36.4 Å². The van der Waals surface area contributed by atoms with Gasteiger partial charge < -0.3 is 18.9 Å². The lowest BCUT2D eigenvalue weighted by Crippen LogP contribution is -2.43. The molecule has 0 aliphatic rings. The van der Waals surface area contributed by atoms with Gasteiger partial charge in [-0.2, -0.15) is 0 Å². The Bertz CT molecular complexity index is 1330. The SMILES string of the molecule is COC(=O)CN(Cc1cccc(C(=O)OCC(C)C)n1)CC(C)(C)CC(C)N(CC(=O)OC)Cc1cccc(C(=O)OCC(C)C)n1. The maximum atomic E-state index is 12.5. The Morgan fingerprint density at radius 3 is 1.66 bits per heavy atom. The molecule has 0 radical (unpaired) electrons. The van der Waals surface area contributed by atoms with Crippen LogP contribution in [0.3, 0.4) is 0 Å². The fraction of sp³-hybridized carbons (Fsp3) is 0.600. The van der Waals surface area contributed by atoms with E-state index in [0.29, 0.717) is 50.7 Å². The first kappa shape index (κ1) is 39.3. The minimum atomic E-state index is -0.493. The predicted molar refractivity (Wildman–Crippen MR) is 176 cm³/mol. The Morgan fingerprint density at radius 2 is 1.19 bits per heavy atom. The van der Waals surface area contributed by atoms with Gasteiger partial charge in [-0.1, -0.05) is 53.7 Å². The van der Waals surface area contributed by atoms with Crippen molar-refractivity contribution in [3.63, 3.8) is 0 Å². The molecule has 0 N–H and O–H groups in total. The molecule has 1 unspecified atom stereocenters. The molecule has 0 saturated carbocycles. The molecular formula is C35H52N4O8. The summed E-state index contributed by atoms with van der Waals surface area (Å²) in [6, 6.07) is 10.2. The molecule has 47 heavy (non-hydrogen) atoms. The molecule has 2 aromatic rings. The van der Waals surface area contributed by atoms with Crippen LogP contribution in [0.25, 0.3) is 0 Å². The summed E-state index contributed by atoms with van der Waals surface area (Å²) >= 11 is 0. The van der Waals surface area contributed by atoms with Crippen molar-refractivity contribution in [2.75, 3.05) is 47.1 Å². The molecule has 0 spiro atoms. The molecule has 12 heteroatoms. The first-order chi connectivity index (χ1) is 22.1. The molecule has 0 aromatic carbocycles. The van der Waals surface area contributed by atoms with E-state index in [-0.39, 0.29) is 47.8 Å². The van der Waals surface area contributed by atoms with Crippen molar-refractivity contribution in [3.05, 3.63) is 59.2 Å². The standard InChI is InChI=1S/C35H52N4O8/c1-24(2)21-46-33(42)29-14-10-12-27(36-29)17-38(19-31(40)44-8)23-35(6,7)16-26(5)39(20-32(41)45-9)18-28-13-11-15-30(37-28)34(43)47-22-25(3)4/h10-15,24-26H,16-23H2,1-9H3. The van der Waals surface area contributed by atoms with Gasteiger partial charge in [-0.3, -0.25) is 19.4 Å². The minimum absolute atomic E-state index is 0.0208. The third kappa shape index (κ3) is 14.6. The average molecular weight is 657 g/mol. The highest BCUT2D eigenvalue weighted by molar-refractivity contribution is 5.87. The lowest BCUT2D eigenvalue weighted by atomic mass is 9.84. The second-order valence-electron chi connectivity index (χ2n) is 13.4. The number of hydrogen-bond acceptors (Lipinski definition) is 12. The topological polar surface area (TPSA) is 137 Å². The lowest BCUT2D eigenvalue weighted by Gasteiger charge is -2.37. The predicted octanol–water partition coefficient (Wildman–Crippen LogP) is 4.56. The zero-order chi connectivity index (χ0) is 35.1. The van der Waals surface area contributed by atoms with Crippen LogP contribution in [-0.2, 0) is 41.6 Å². The van der Waals surface area contributed by atoms with Crippen LogP contribution in [0.5, 0.6) is 0 Å². The molecule has 0 bridgehead atoms. The highest BCUT2D eigenvalue weighted by Gasteiger charge is 2.30. The Balaban J connectivity index is 2.22. The van der Waals surface area contributed by atoms with E-state index in [4.69, 9.17) is 18.9 Å². The van der Waals surface area contributed by atoms with E-state index >= 15 is 0 Å². The number of esters is 4. The number of aromatic nitrogens is 2. The van der Waals surface area contributed by atoms with Crippen molar-refractivity contribution >= 4 is 23.9 Å². The fourth-order valence-electron chi connectivity index (χ4n) is 5.04. The van der Waals surface area contributed by atoms with Gasteiger partial charge in [0.2, 0.25) is 0 Å². The summed E-state index contributed by atoms with van der Waals surface area (Å²) in [4.78, 5) is 62.8. The second kappa shape index (κ2) is 19.0. The summed E-state index contributed by atoms with van der Waals surface area (Å²) in [5.41, 5.74) is 1.28. The Morgan fingerprint density at radius 1 is 0.723 bits per heavy atom. The van der Waals surface area contributed by atoms with E-state index in [0.717, 1.165) is 0 Å². The minimum Gasteiger partial charge on any atom is -0.468 e. The summed E-state index contributed by atoms with van der Waals surface area (Å²) in [7, 11) is 2.69. The number of methoxy groups -OCH3 is 2. The number of hydrogen-bond donors (Lipinski definition) is 0. The molecule has 2 heterocycles. The van der Waals surface area contributed by atoms with E-state index in [1.807, 2.05) is 44.4 Å². The molecule has 1 atom stereocenters. The summed E-state index contributed by atoms with van der Waals surface area (Å²) in [6.07, 6.45) is 0.632. The number of carbonyl (C=O) groups is 4. The Kier molecular flexibility index (Phi) is 15.9. The quantitative estimate of drug-likeness (QED) is 0.155. The van der Waals surface area contributed by atoms with Gasteiger partial charge in [-0.05, 0) is 54.9 Å². The maximum Gasteiger partial charge on any atom is 0.356 e. The smallest absolute Gasteiger partial charge is 0.356 e. The van der Waals surface area contributed by atoms with Gasteiger partial charge in [-0.15, -0.1) is 0 Å². The summed E-state index contributed by atoms with van der Waals surface area (Å²) < 4.78 is 20.6. The number of ether oxygens (including phenoxy) is 4. The van der Waals surface area contributed by atoms with Gasteiger partial charge in [0.05, 0.1) is 51.9 Å². The highest BCUT2D eigenvalue weighted by Crippen LogP contribution is 2.28. The summed E-state index contributed by atoms with van der Waals surface area (Å²) in [5, 5.41) is 0. The van der Waals surface area contributed by atoms with Gasteiger partial charge >= 0.3 is 23.9 Å². The van der Waals surface area contributed by atoms with Crippen molar-refractivity contribution in [2.45, 2.75) is 74.0 Å². The van der Waals surface area contributed by atoms with Gasteiger partial charge in [0.1, 0.15) is 11.4 Å². The third-order valence-electron chi connectivity index (χ3n) is 7.14. The normalized spacial score (nSPS) is 12.4. The van der Waals surface area contributed by atoms with Crippen LogP contribution in [0.4, 0.5) is 0 Å². The van der Waals surface area contributed by atoms with E-state index in [2.05, 4.69) is 23.8 Å². The highest BCUT2D eigenvalue weighted by atomic mass is 16.5. The molecule has 2 aromatic heterocycles. The molecule has 2 rings (SSSR count). The van der Waals surface area contributed by atoms with E-state index < -0.39 is 23.9 Å². The maximum absolute atomic E-state index is 12.5. The van der Waals surface area contributed by atoms with E-state index in [9.17, 15) is 19.2 Å². The van der Waals surface area contributed by atoms with Crippen LogP contribution in [0, 0.1) is 17.3 Å². The van der Waals surface area contributed by atoms with Crippen LogP contribution < -0.4 is 0 Å². The van der Waals surface area contributed by atoms with Crippen molar-refractivity contribution in [2.24, 2.45) is 17.3 Å². The fourth-order valence-corrected chi connectivity index (χ4v) is 5.04. The van der Waals surface area contributed by atoms with Crippen LogP contribution >= 0.6 is 0 Å². The Hall–Kier alpha value is -3.90. The number of carbonyl (C=O) groups excluding carboxylic acids is 4. The van der Waals surface area contributed by atoms with Gasteiger partial charge in [0, 0.05) is 25.7 Å². The summed E-state index contributed by atoms with van der Waals surface area (Å²) in [6.45, 7) is 15.7. The van der Waals surface area contributed by atoms with Crippen molar-refractivity contribution in [1.82, 2.24) is 19.8 Å². The summed E-state index contributed by atoms with van der Waals surface area (Å²) in [5.74, 6) is -1.38. The second-order valence-corrected chi connectivity index (χ2v) is 13.4. The largest absolute Gasteiger partial charge is 0.468 e. The van der Waals surface area contributed by atoms with Crippen LogP contribution in [-0.4, -0.2) is 96.8 Å². The van der Waals surface area contributed by atoms with Gasteiger partial charge in [0.25, 0.3) is 0 Å². The third-order valence-corrected chi connectivity index (χ3v) is 7.14. The van der Waals surface area contributed by atoms with Crippen LogP contribution in [0.1, 0.15) is 87.3 Å². The van der Waals surface area contributed by atoms with E-state index in [1.165, 1.54) is 14.2 Å². The zero-order valence-electron chi connectivity index (χ0n) is 29.4. The molecule has 0 saturated heterocycles. The monoisotopic (exact) mass is 656 g/mol. The molecule has 0 aliphatic heterocycles. The average Bonchev–Trinajstić information content (AvgIpc) is 3.01. The molecule has 260 valence electrons. The molecule has 12 nitrogen and oxygen atoms in total. The number of nitrogens with zero attached hydrogens (tertiary/aromatic N) is 4. The number of pyridine rings is 2. The van der Waals surface area contributed by atoms with Crippen molar-refractivity contribution in [1.29, 1.82) is 0 Å². The van der Waals surface area contributed by atoms with Crippen molar-refractivity contribution in [3.8, 4) is 0 Å². The number of rotatable bonds is 19. The van der Waals surface area contributed by atoms with Crippen LogP contribution in [0.2, 0.25) is 0 Å². The molecule has 0 aliphatic carbocycles. The van der Waals surface area contributed by atoms with Crippen LogP contribution in [0.15, 0.2) is 36.4 Å². The molecule has 0 fully saturated rings. The zero-order valence-corrected chi connectivity index (χ0v) is 29.4. The van der Waals surface area contributed by atoms with Gasteiger partial charge in [-0.25, -0.2) is 19.6 Å². The molecular weight excluding hydrogens is 604 g/mol. The van der Waals surface area contributed by atoms with Gasteiger partial charge in [0.15, 0.2) is 0 Å². The van der Waals surface area contributed by atoms with Crippen molar-refractivity contribution < 1.29 is 38.1 Å².